The maximum absolute atomic E-state index is 13.5. The Kier molecular flexibility index (Phi) is 11.1. The molecule has 2 aliphatic heterocycles. The number of esters is 1. The second-order valence-corrected chi connectivity index (χ2v) is 10.7. The van der Waals surface area contributed by atoms with Crippen molar-refractivity contribution in [3.8, 4) is 0 Å². The zero-order valence-corrected chi connectivity index (χ0v) is 25.6. The van der Waals surface area contributed by atoms with Crippen molar-refractivity contribution in [3.63, 3.8) is 0 Å². The first-order valence-corrected chi connectivity index (χ1v) is 15.2. The van der Waals surface area contributed by atoms with E-state index < -0.39 is 6.04 Å². The molecule has 8 heteroatoms. The van der Waals surface area contributed by atoms with Crippen LogP contribution in [0.3, 0.4) is 0 Å². The molecule has 2 aromatic carbocycles. The van der Waals surface area contributed by atoms with Gasteiger partial charge in [0.1, 0.15) is 12.4 Å². The maximum atomic E-state index is 13.5. The molecule has 1 saturated heterocycles. The number of amides is 2. The minimum atomic E-state index is -0.551. The van der Waals surface area contributed by atoms with Crippen LogP contribution in [0, 0.1) is 6.92 Å². The number of aryl methyl sites for hydroxylation is 1. The molecule has 0 spiro atoms. The van der Waals surface area contributed by atoms with Gasteiger partial charge in [0.05, 0.1) is 12.1 Å². The topological polar surface area (TPSA) is 100 Å². The predicted molar refractivity (Wildman–Crippen MR) is 170 cm³/mol. The summed E-state index contributed by atoms with van der Waals surface area (Å²) < 4.78 is 5.48. The molecule has 8 nitrogen and oxygen atoms in total. The van der Waals surface area contributed by atoms with E-state index in [1.165, 1.54) is 0 Å². The van der Waals surface area contributed by atoms with Crippen molar-refractivity contribution >= 4 is 23.6 Å². The average molecular weight is 583 g/mol. The van der Waals surface area contributed by atoms with Crippen LogP contribution >= 0.6 is 0 Å². The van der Waals surface area contributed by atoms with Gasteiger partial charge in [-0.3, -0.25) is 19.4 Å². The molecule has 3 aliphatic rings. The van der Waals surface area contributed by atoms with E-state index >= 15 is 0 Å². The van der Waals surface area contributed by atoms with E-state index in [9.17, 15) is 14.4 Å². The summed E-state index contributed by atoms with van der Waals surface area (Å²) in [5, 5.41) is 6.41. The molecule has 2 atom stereocenters. The molecule has 2 aromatic rings. The fraction of sp³-hybridized carbons (Fsp3) is 0.371. The average Bonchev–Trinajstić information content (AvgIpc) is 3.53. The molecule has 2 amide bonds. The zero-order chi connectivity index (χ0) is 30.8. The zero-order valence-electron chi connectivity index (χ0n) is 25.6. The Morgan fingerprint density at radius 1 is 1.07 bits per heavy atom. The lowest BCUT2D eigenvalue weighted by molar-refractivity contribution is -0.145. The summed E-state index contributed by atoms with van der Waals surface area (Å²) in [6.07, 6.45) is 10.5. The number of nitrogens with one attached hydrogen (secondary N) is 2. The van der Waals surface area contributed by atoms with Crippen LogP contribution in [0.25, 0.3) is 0 Å². The first-order valence-electron chi connectivity index (χ1n) is 15.2. The van der Waals surface area contributed by atoms with Gasteiger partial charge in [-0.2, -0.15) is 0 Å². The summed E-state index contributed by atoms with van der Waals surface area (Å²) in [5.41, 5.74) is 4.72. The number of nitrogens with zero attached hydrogens (tertiary/aromatic N) is 2. The van der Waals surface area contributed by atoms with Crippen molar-refractivity contribution in [2.75, 3.05) is 13.1 Å². The molecule has 43 heavy (non-hydrogen) atoms. The molecule has 2 bridgehead atoms. The van der Waals surface area contributed by atoms with Crippen molar-refractivity contribution in [1.82, 2.24) is 15.5 Å². The van der Waals surface area contributed by atoms with E-state index in [1.807, 2.05) is 87.2 Å². The van der Waals surface area contributed by atoms with Gasteiger partial charge in [-0.1, -0.05) is 56.3 Å². The molecule has 2 unspecified atom stereocenters. The molecule has 1 fully saturated rings. The van der Waals surface area contributed by atoms with Gasteiger partial charge in [0.15, 0.2) is 0 Å². The van der Waals surface area contributed by atoms with Crippen LogP contribution in [0.2, 0.25) is 0 Å². The molecule has 0 saturated carbocycles. The number of ether oxygens (including phenoxy) is 1. The Labute approximate surface area is 254 Å². The lowest BCUT2D eigenvalue weighted by atomic mass is 10.0. The van der Waals surface area contributed by atoms with Crippen LogP contribution in [0.5, 0.6) is 0 Å². The van der Waals surface area contributed by atoms with Crippen molar-refractivity contribution in [1.29, 1.82) is 0 Å². The SMILES string of the molecule is CC.CC1=CC2=CC(C=C1)N=C(C(CCC(=O)OCc1ccccc1)NC(=O)c1ccc(C(=O)N3CCCC3)c(C)c1)N2. The fourth-order valence-corrected chi connectivity index (χ4v) is 5.23. The van der Waals surface area contributed by atoms with Crippen molar-refractivity contribution in [2.24, 2.45) is 4.99 Å². The maximum Gasteiger partial charge on any atom is 0.306 e. The third-order valence-electron chi connectivity index (χ3n) is 7.48. The van der Waals surface area contributed by atoms with E-state index in [0.29, 0.717) is 23.4 Å². The van der Waals surface area contributed by atoms with Crippen molar-refractivity contribution in [2.45, 2.75) is 72.1 Å². The number of carbonyl (C=O) groups is 3. The van der Waals surface area contributed by atoms with Crippen LogP contribution in [-0.4, -0.2) is 53.7 Å². The molecule has 226 valence electrons. The summed E-state index contributed by atoms with van der Waals surface area (Å²) in [6.45, 7) is 9.60. The van der Waals surface area contributed by atoms with E-state index in [-0.39, 0.29) is 36.9 Å². The number of fused-ring (bicyclic) bond motifs is 1. The smallest absolute Gasteiger partial charge is 0.306 e. The molecule has 0 aromatic heterocycles. The van der Waals surface area contributed by atoms with Gasteiger partial charge in [-0.25, -0.2) is 0 Å². The summed E-state index contributed by atoms with van der Waals surface area (Å²) >= 11 is 0. The molecule has 1 aliphatic carbocycles. The normalized spacial score (nSPS) is 17.6. The molecule has 5 rings (SSSR count). The predicted octanol–water partition coefficient (Wildman–Crippen LogP) is 5.65. The summed E-state index contributed by atoms with van der Waals surface area (Å²) in [5.74, 6) is -0.0561. The minimum absolute atomic E-state index is 0.00638. The third-order valence-corrected chi connectivity index (χ3v) is 7.48. The van der Waals surface area contributed by atoms with Crippen molar-refractivity contribution < 1.29 is 19.1 Å². The monoisotopic (exact) mass is 582 g/mol. The quantitative estimate of drug-likeness (QED) is 0.372. The number of amidine groups is 1. The number of rotatable bonds is 9. The molecular weight excluding hydrogens is 540 g/mol. The summed E-state index contributed by atoms with van der Waals surface area (Å²) in [7, 11) is 0. The highest BCUT2D eigenvalue weighted by Crippen LogP contribution is 2.20. The Balaban J connectivity index is 0.00000207. The van der Waals surface area contributed by atoms with Crippen LogP contribution in [0.15, 0.2) is 89.1 Å². The number of carbonyl (C=O) groups excluding carboxylic acids is 3. The van der Waals surface area contributed by atoms with Gasteiger partial charge < -0.3 is 20.3 Å². The van der Waals surface area contributed by atoms with Gasteiger partial charge in [-0.05, 0) is 80.2 Å². The van der Waals surface area contributed by atoms with E-state index in [2.05, 4.69) is 10.6 Å². The van der Waals surface area contributed by atoms with Gasteiger partial charge in [-0.15, -0.1) is 0 Å². The summed E-state index contributed by atoms with van der Waals surface area (Å²) in [6, 6.07) is 14.0. The molecule has 2 N–H and O–H groups in total. The standard InChI is InChI=1S/C33H36N4O4.C2H6/c1-22-10-12-26-20-27(18-22)35-31(34-26)29(14-15-30(38)41-21-24-8-4-3-5-9-24)36-32(39)25-11-13-28(23(2)19-25)33(40)37-16-6-7-17-37;1-2/h3-5,8-13,18-20,26,29H,6-7,14-17,21H2,1-2H3,(H,34,35)(H,36,39);1-2H3. The lowest BCUT2D eigenvalue weighted by Gasteiger charge is -2.26. The van der Waals surface area contributed by atoms with Crippen LogP contribution in [0.4, 0.5) is 0 Å². The molecular formula is C35H42N4O4. The Morgan fingerprint density at radius 3 is 2.53 bits per heavy atom. The number of hydrogen-bond acceptors (Lipinski definition) is 6. The van der Waals surface area contributed by atoms with Crippen LogP contribution < -0.4 is 10.6 Å². The molecule has 0 radical (unpaired) electrons. The second kappa shape index (κ2) is 15.1. The number of aliphatic imine (C=N–C) groups is 1. The number of allylic oxidation sites excluding steroid dienone is 3. The van der Waals surface area contributed by atoms with E-state index in [1.54, 1.807) is 18.2 Å². The Morgan fingerprint density at radius 2 is 1.81 bits per heavy atom. The highest BCUT2D eigenvalue weighted by Gasteiger charge is 2.26. The highest BCUT2D eigenvalue weighted by atomic mass is 16.5. The number of benzene rings is 2. The highest BCUT2D eigenvalue weighted by molar-refractivity contribution is 6.01. The Hall–Kier alpha value is -4.46. The third kappa shape index (κ3) is 8.53. The van der Waals surface area contributed by atoms with Gasteiger partial charge in [0.2, 0.25) is 0 Å². The minimum Gasteiger partial charge on any atom is -0.461 e. The van der Waals surface area contributed by atoms with E-state index in [4.69, 9.17) is 9.73 Å². The summed E-state index contributed by atoms with van der Waals surface area (Å²) in [4.78, 5) is 45.7. The van der Waals surface area contributed by atoms with Gasteiger partial charge >= 0.3 is 5.97 Å². The number of hydrogen-bond donors (Lipinski definition) is 2. The van der Waals surface area contributed by atoms with Gasteiger partial charge in [0, 0.05) is 36.3 Å². The largest absolute Gasteiger partial charge is 0.461 e. The van der Waals surface area contributed by atoms with Crippen molar-refractivity contribution in [3.05, 3.63) is 106 Å². The van der Waals surface area contributed by atoms with Crippen LogP contribution in [-0.2, 0) is 16.1 Å². The lowest BCUT2D eigenvalue weighted by Crippen LogP contribution is -2.48. The fourth-order valence-electron chi connectivity index (χ4n) is 5.23. The second-order valence-electron chi connectivity index (χ2n) is 10.7. The first kappa shape index (κ1) is 31.5. The molecule has 2 heterocycles. The van der Waals surface area contributed by atoms with Gasteiger partial charge in [0.25, 0.3) is 11.8 Å². The first-order chi connectivity index (χ1) is 20.9. The Bertz CT molecular complexity index is 1430. The van der Waals surface area contributed by atoms with E-state index in [0.717, 1.165) is 48.3 Å². The van der Waals surface area contributed by atoms with Crippen LogP contribution in [0.1, 0.15) is 78.3 Å². The number of likely N-dealkylation sites (tertiary alicyclic amines) is 1.